The third-order valence-electron chi connectivity index (χ3n) is 3.21. The van der Waals surface area contributed by atoms with E-state index in [1.807, 2.05) is 34.6 Å². The molecular formula is C15H28N2O4. The quantitative estimate of drug-likeness (QED) is 0.805. The zero-order valence-electron chi connectivity index (χ0n) is 13.9. The topological polar surface area (TPSA) is 67.9 Å². The van der Waals surface area contributed by atoms with Crippen molar-refractivity contribution in [3.8, 4) is 0 Å². The molecule has 0 aromatic carbocycles. The minimum absolute atomic E-state index is 0.0652. The second-order valence-electron chi connectivity index (χ2n) is 6.86. The maximum atomic E-state index is 12.2. The van der Waals surface area contributed by atoms with E-state index in [2.05, 4.69) is 5.32 Å². The summed E-state index contributed by atoms with van der Waals surface area (Å²) in [7, 11) is 1.37. The molecule has 1 fully saturated rings. The van der Waals surface area contributed by atoms with Crippen LogP contribution < -0.4 is 5.32 Å². The minimum atomic E-state index is -0.545. The van der Waals surface area contributed by atoms with E-state index in [4.69, 9.17) is 9.47 Å². The smallest absolute Gasteiger partial charge is 0.410 e. The fourth-order valence-electron chi connectivity index (χ4n) is 2.50. The first kappa shape index (κ1) is 17.8. The Kier molecular flexibility index (Phi) is 6.01. The van der Waals surface area contributed by atoms with Crippen LogP contribution >= 0.6 is 0 Å². The van der Waals surface area contributed by atoms with Crippen molar-refractivity contribution >= 4 is 12.1 Å². The molecule has 6 nitrogen and oxygen atoms in total. The average molecular weight is 300 g/mol. The molecule has 1 N–H and O–H groups in total. The average Bonchev–Trinajstić information content (AvgIpc) is 2.34. The van der Waals surface area contributed by atoms with Crippen LogP contribution in [-0.4, -0.2) is 54.8 Å². The van der Waals surface area contributed by atoms with Crippen LogP contribution in [0.5, 0.6) is 0 Å². The van der Waals surface area contributed by atoms with Crippen molar-refractivity contribution in [2.75, 3.05) is 20.2 Å². The van der Waals surface area contributed by atoms with Crippen LogP contribution in [0.25, 0.3) is 0 Å². The largest absolute Gasteiger partial charge is 0.469 e. The second kappa shape index (κ2) is 7.11. The first-order valence-electron chi connectivity index (χ1n) is 7.44. The molecule has 0 aromatic heterocycles. The van der Waals surface area contributed by atoms with Gasteiger partial charge in [0.05, 0.1) is 13.0 Å². The number of nitrogens with zero attached hydrogens (tertiary/aromatic N) is 1. The molecule has 0 spiro atoms. The molecule has 0 bridgehead atoms. The van der Waals surface area contributed by atoms with Gasteiger partial charge in [0.2, 0.25) is 0 Å². The summed E-state index contributed by atoms with van der Waals surface area (Å²) in [5.74, 6) is -0.591. The molecule has 1 saturated heterocycles. The molecule has 21 heavy (non-hydrogen) atoms. The van der Waals surface area contributed by atoms with Crippen LogP contribution in [-0.2, 0) is 14.3 Å². The number of amides is 1. The predicted molar refractivity (Wildman–Crippen MR) is 80.0 cm³/mol. The fraction of sp³-hybridized carbons (Fsp3) is 0.867. The zero-order chi connectivity index (χ0) is 16.2. The maximum Gasteiger partial charge on any atom is 0.410 e. The highest BCUT2D eigenvalue weighted by Crippen LogP contribution is 2.21. The van der Waals surface area contributed by atoms with Gasteiger partial charge in [0.1, 0.15) is 5.60 Å². The summed E-state index contributed by atoms with van der Waals surface area (Å²) in [5, 5.41) is 3.38. The fourth-order valence-corrected chi connectivity index (χ4v) is 2.50. The van der Waals surface area contributed by atoms with E-state index >= 15 is 0 Å². The number of methoxy groups -OCH3 is 1. The molecule has 6 heteroatoms. The van der Waals surface area contributed by atoms with Gasteiger partial charge in [0.25, 0.3) is 0 Å². The Morgan fingerprint density at radius 3 is 2.33 bits per heavy atom. The zero-order valence-corrected chi connectivity index (χ0v) is 13.9. The highest BCUT2D eigenvalue weighted by molar-refractivity contribution is 5.75. The number of nitrogens with one attached hydrogen (secondary N) is 1. The van der Waals surface area contributed by atoms with Crippen LogP contribution in [0.1, 0.15) is 41.0 Å². The van der Waals surface area contributed by atoms with E-state index in [0.717, 1.165) is 0 Å². The van der Waals surface area contributed by atoms with Gasteiger partial charge in [-0.1, -0.05) is 13.8 Å². The molecule has 2 atom stereocenters. The lowest BCUT2D eigenvalue weighted by molar-refractivity contribution is -0.147. The van der Waals surface area contributed by atoms with Crippen LogP contribution in [0.15, 0.2) is 0 Å². The molecule has 1 aliphatic heterocycles. The third kappa shape index (κ3) is 5.91. The molecule has 1 aliphatic rings. The lowest BCUT2D eigenvalue weighted by Crippen LogP contribution is -2.55. The molecule has 0 unspecified atom stereocenters. The van der Waals surface area contributed by atoms with Gasteiger partial charge < -0.3 is 19.7 Å². The molecule has 1 rings (SSSR count). The van der Waals surface area contributed by atoms with Crippen LogP contribution in [0.4, 0.5) is 4.79 Å². The predicted octanol–water partition coefficient (Wildman–Crippen LogP) is 1.78. The summed E-state index contributed by atoms with van der Waals surface area (Å²) in [5.41, 5.74) is -0.545. The number of likely N-dealkylation sites (tertiary alicyclic amines) is 1. The van der Waals surface area contributed by atoms with Crippen molar-refractivity contribution < 1.29 is 19.1 Å². The summed E-state index contributed by atoms with van der Waals surface area (Å²) in [6, 6.07) is 0.349. The number of piperidine rings is 1. The Bertz CT molecular complexity index is 376. The van der Waals surface area contributed by atoms with E-state index < -0.39 is 5.60 Å². The van der Waals surface area contributed by atoms with Crippen molar-refractivity contribution in [2.45, 2.75) is 58.7 Å². The molecule has 0 radical (unpaired) electrons. The minimum Gasteiger partial charge on any atom is -0.469 e. The van der Waals surface area contributed by atoms with E-state index in [9.17, 15) is 9.59 Å². The molecule has 0 aliphatic carbocycles. The van der Waals surface area contributed by atoms with Crippen molar-refractivity contribution in [1.82, 2.24) is 10.2 Å². The Balaban J connectivity index is 2.77. The number of ether oxygens (including phenoxy) is 2. The highest BCUT2D eigenvalue weighted by atomic mass is 16.6. The molecule has 122 valence electrons. The number of carbonyl (C=O) groups is 2. The van der Waals surface area contributed by atoms with Gasteiger partial charge in [-0.25, -0.2) is 4.79 Å². The Labute approximate surface area is 127 Å². The lowest BCUT2D eigenvalue weighted by Gasteiger charge is -2.38. The van der Waals surface area contributed by atoms with Crippen molar-refractivity contribution in [2.24, 2.45) is 5.92 Å². The summed E-state index contributed by atoms with van der Waals surface area (Å²) < 4.78 is 10.2. The maximum absolute atomic E-state index is 12.2. The van der Waals surface area contributed by atoms with Crippen molar-refractivity contribution in [1.29, 1.82) is 0 Å². The van der Waals surface area contributed by atoms with E-state index in [1.165, 1.54) is 7.11 Å². The van der Waals surface area contributed by atoms with Crippen LogP contribution in [0.2, 0.25) is 0 Å². The summed E-state index contributed by atoms with van der Waals surface area (Å²) in [4.78, 5) is 25.6. The van der Waals surface area contributed by atoms with E-state index in [0.29, 0.717) is 19.5 Å². The van der Waals surface area contributed by atoms with Gasteiger partial charge in [0.15, 0.2) is 0 Å². The lowest BCUT2D eigenvalue weighted by atomic mass is 9.94. The van der Waals surface area contributed by atoms with Gasteiger partial charge in [-0.3, -0.25) is 4.79 Å². The summed E-state index contributed by atoms with van der Waals surface area (Å²) >= 11 is 0. The SMILES string of the molecule is COC(=O)[C@@H]1C[C@H](NC(C)C)CN(C(=O)OC(C)(C)C)C1. The van der Waals surface area contributed by atoms with E-state index in [1.54, 1.807) is 4.90 Å². The van der Waals surface area contributed by atoms with Gasteiger partial charge in [-0.2, -0.15) is 0 Å². The molecule has 1 amide bonds. The van der Waals surface area contributed by atoms with Gasteiger partial charge in [-0.05, 0) is 27.2 Å². The number of hydrogen-bond acceptors (Lipinski definition) is 5. The van der Waals surface area contributed by atoms with Gasteiger partial charge in [-0.15, -0.1) is 0 Å². The second-order valence-corrected chi connectivity index (χ2v) is 6.86. The monoisotopic (exact) mass is 300 g/mol. The number of hydrogen-bond donors (Lipinski definition) is 1. The number of rotatable bonds is 3. The van der Waals surface area contributed by atoms with Gasteiger partial charge in [0, 0.05) is 25.2 Å². The molecule has 1 heterocycles. The Hall–Kier alpha value is -1.30. The van der Waals surface area contributed by atoms with Crippen molar-refractivity contribution in [3.63, 3.8) is 0 Å². The summed E-state index contributed by atoms with van der Waals surface area (Å²) in [6.45, 7) is 10.5. The Morgan fingerprint density at radius 2 is 1.86 bits per heavy atom. The first-order chi connectivity index (χ1) is 9.62. The highest BCUT2D eigenvalue weighted by Gasteiger charge is 2.36. The van der Waals surface area contributed by atoms with Gasteiger partial charge >= 0.3 is 12.1 Å². The number of carbonyl (C=O) groups excluding carboxylic acids is 2. The van der Waals surface area contributed by atoms with Crippen LogP contribution in [0, 0.1) is 5.92 Å². The molecule has 0 saturated carbocycles. The Morgan fingerprint density at radius 1 is 1.24 bits per heavy atom. The number of esters is 1. The van der Waals surface area contributed by atoms with Crippen molar-refractivity contribution in [3.05, 3.63) is 0 Å². The molecule has 0 aromatic rings. The third-order valence-corrected chi connectivity index (χ3v) is 3.21. The first-order valence-corrected chi connectivity index (χ1v) is 7.44. The van der Waals surface area contributed by atoms with Crippen LogP contribution in [0.3, 0.4) is 0 Å². The normalized spacial score (nSPS) is 23.1. The summed E-state index contributed by atoms with van der Waals surface area (Å²) in [6.07, 6.45) is 0.288. The van der Waals surface area contributed by atoms with E-state index in [-0.39, 0.29) is 30.1 Å². The standard InChI is InChI=1S/C15H28N2O4/c1-10(2)16-12-7-11(13(18)20-6)8-17(9-12)14(19)21-15(3,4)5/h10-12,16H,7-9H2,1-6H3/t11-,12+/m1/s1. The molecular weight excluding hydrogens is 272 g/mol.